The second-order valence-electron chi connectivity index (χ2n) is 24.2. The Balaban J connectivity index is 0.000000168. The molecule has 0 saturated carbocycles. The van der Waals surface area contributed by atoms with E-state index in [1.807, 2.05) is 0 Å². The van der Waals surface area contributed by atoms with Crippen LogP contribution in [-0.4, -0.2) is 0 Å². The van der Waals surface area contributed by atoms with E-state index < -0.39 is 0 Å². The van der Waals surface area contributed by atoms with E-state index in [1.165, 1.54) is 146 Å². The van der Waals surface area contributed by atoms with Crippen molar-refractivity contribution in [3.8, 4) is 22.3 Å². The molecule has 0 heterocycles. The first kappa shape index (κ1) is 66.7. The van der Waals surface area contributed by atoms with Crippen LogP contribution < -0.4 is 0 Å². The minimum atomic E-state index is 1.09. The molecule has 450 valence electrons. The zero-order chi connectivity index (χ0) is 61.9. The van der Waals surface area contributed by atoms with E-state index in [4.69, 9.17) is 0 Å². The fraction of sp³-hybridized carbons (Fsp3) is 0.310. The minimum Gasteiger partial charge on any atom is -0.0651 e. The Hall–Kier alpha value is -7.80. The van der Waals surface area contributed by atoms with Gasteiger partial charge in [-0.3, -0.25) is 0 Å². The van der Waals surface area contributed by atoms with Gasteiger partial charge < -0.3 is 0 Å². The first-order chi connectivity index (χ1) is 42.3. The average molecular weight is 1150 g/mol. The summed E-state index contributed by atoms with van der Waals surface area (Å²) in [5, 5.41) is 0. The normalized spacial score (nSPS) is 10.8. The van der Waals surface area contributed by atoms with Gasteiger partial charge in [-0.2, -0.15) is 0 Å². The molecule has 0 saturated heterocycles. The molecule has 0 aromatic heterocycles. The van der Waals surface area contributed by atoms with Gasteiger partial charge >= 0.3 is 0 Å². The minimum absolute atomic E-state index is 1.09. The largest absolute Gasteiger partial charge is 0.0651 e. The lowest BCUT2D eigenvalue weighted by atomic mass is 9.92. The van der Waals surface area contributed by atoms with Crippen LogP contribution in [0.3, 0.4) is 0 Å². The highest BCUT2D eigenvalue weighted by Gasteiger charge is 2.10. The fourth-order valence-corrected chi connectivity index (χ4v) is 11.5. The number of benzene rings is 10. The number of aryl methyl sites for hydroxylation is 16. The van der Waals surface area contributed by atoms with Gasteiger partial charge in [0.15, 0.2) is 0 Å². The van der Waals surface area contributed by atoms with Crippen LogP contribution >= 0.6 is 0 Å². The summed E-state index contributed by atoms with van der Waals surface area (Å²) >= 11 is 0. The molecular weight excluding hydrogens is 1040 g/mol. The molecule has 87 heavy (non-hydrogen) atoms. The number of hydrogen-bond acceptors (Lipinski definition) is 0. The summed E-state index contributed by atoms with van der Waals surface area (Å²) in [4.78, 5) is 0. The number of rotatable bonds is 21. The van der Waals surface area contributed by atoms with Crippen LogP contribution in [0, 0.1) is 41.5 Å². The Morgan fingerprint density at radius 3 is 0.609 bits per heavy atom. The molecule has 0 radical (unpaired) electrons. The van der Waals surface area contributed by atoms with Crippen molar-refractivity contribution in [2.75, 3.05) is 0 Å². The van der Waals surface area contributed by atoms with Gasteiger partial charge in [0.1, 0.15) is 0 Å². The first-order valence-corrected chi connectivity index (χ1v) is 33.1. The van der Waals surface area contributed by atoms with Gasteiger partial charge in [-0.25, -0.2) is 0 Å². The fourth-order valence-electron chi connectivity index (χ4n) is 11.5. The lowest BCUT2D eigenvalue weighted by Gasteiger charge is -2.13. The summed E-state index contributed by atoms with van der Waals surface area (Å²) < 4.78 is 0. The summed E-state index contributed by atoms with van der Waals surface area (Å²) in [6, 6.07) is 81.3. The molecule has 0 aliphatic heterocycles. The van der Waals surface area contributed by atoms with Gasteiger partial charge in [0, 0.05) is 0 Å². The maximum atomic E-state index is 2.29. The second-order valence-corrected chi connectivity index (χ2v) is 24.2. The molecule has 0 aliphatic rings. The molecule has 10 aromatic rings. The monoisotopic (exact) mass is 1150 g/mol. The summed E-state index contributed by atoms with van der Waals surface area (Å²) in [7, 11) is 0. The Morgan fingerprint density at radius 1 is 0.184 bits per heavy atom. The van der Waals surface area contributed by atoms with Crippen LogP contribution in [0.5, 0.6) is 0 Å². The molecular formula is C87H102. The third kappa shape index (κ3) is 21.0. The molecule has 0 unspecified atom stereocenters. The van der Waals surface area contributed by atoms with Crippen molar-refractivity contribution >= 4 is 0 Å². The maximum absolute atomic E-state index is 2.29. The smallest absolute Gasteiger partial charge is 0.0152 e. The van der Waals surface area contributed by atoms with Crippen molar-refractivity contribution < 1.29 is 0 Å². The van der Waals surface area contributed by atoms with Crippen LogP contribution in [-0.2, 0) is 89.9 Å². The van der Waals surface area contributed by atoms with E-state index in [-0.39, 0.29) is 0 Å². The molecule has 0 fully saturated rings. The van der Waals surface area contributed by atoms with Crippen LogP contribution in [0.25, 0.3) is 22.3 Å². The van der Waals surface area contributed by atoms with Crippen molar-refractivity contribution in [3.63, 3.8) is 0 Å². The van der Waals surface area contributed by atoms with Crippen molar-refractivity contribution in [2.45, 2.75) is 179 Å². The maximum Gasteiger partial charge on any atom is -0.0152 e. The molecule has 0 spiro atoms. The molecule has 0 bridgehead atoms. The lowest BCUT2D eigenvalue weighted by Crippen LogP contribution is -1.95. The SMILES string of the molecule is CCCc1ccc(CCc2ccc(CC)cc2)cc1.CCc1ccc(-c2ccc(CCc3ccc(C)cc3)cc2)c(C)c1C.CCc1ccc(CCc2ccc(-c3ccc(CC)c(C)c3C)cc2)cc1.CCc1ccc(CCc2ccc(C)cc2)cc1. The van der Waals surface area contributed by atoms with Gasteiger partial charge in [-0.15, -0.1) is 0 Å². The molecule has 0 N–H and O–H groups in total. The third-order valence-electron chi connectivity index (χ3n) is 18.0. The van der Waals surface area contributed by atoms with Crippen molar-refractivity contribution in [3.05, 3.63) is 330 Å². The van der Waals surface area contributed by atoms with Gasteiger partial charge in [0.25, 0.3) is 0 Å². The predicted octanol–water partition coefficient (Wildman–Crippen LogP) is 22.8. The van der Waals surface area contributed by atoms with Crippen molar-refractivity contribution in [2.24, 2.45) is 0 Å². The Morgan fingerprint density at radius 2 is 0.391 bits per heavy atom. The van der Waals surface area contributed by atoms with Gasteiger partial charge in [0.2, 0.25) is 0 Å². The lowest BCUT2D eigenvalue weighted by molar-refractivity contribution is 0.914. The van der Waals surface area contributed by atoms with E-state index in [2.05, 4.69) is 301 Å². The highest BCUT2D eigenvalue weighted by atomic mass is 14.2. The predicted molar refractivity (Wildman–Crippen MR) is 381 cm³/mol. The molecule has 0 atom stereocenters. The Labute approximate surface area is 528 Å². The molecule has 0 aliphatic carbocycles. The van der Waals surface area contributed by atoms with E-state index in [1.54, 1.807) is 0 Å². The highest BCUT2D eigenvalue weighted by molar-refractivity contribution is 5.70. The molecule has 10 aromatic carbocycles. The van der Waals surface area contributed by atoms with Crippen molar-refractivity contribution in [1.82, 2.24) is 0 Å². The second kappa shape index (κ2) is 35.1. The zero-order valence-electron chi connectivity index (χ0n) is 55.4. The van der Waals surface area contributed by atoms with Crippen LogP contribution in [0.15, 0.2) is 218 Å². The third-order valence-corrected chi connectivity index (χ3v) is 18.0. The zero-order valence-corrected chi connectivity index (χ0v) is 55.4. The Kier molecular flexibility index (Phi) is 26.9. The quantitative estimate of drug-likeness (QED) is 0.0673. The topological polar surface area (TPSA) is 0 Å². The van der Waals surface area contributed by atoms with Crippen molar-refractivity contribution in [1.29, 1.82) is 0 Å². The van der Waals surface area contributed by atoms with Gasteiger partial charge in [0.05, 0.1) is 0 Å². The summed E-state index contributed by atoms with van der Waals surface area (Å²) in [6.07, 6.45) is 16.9. The van der Waals surface area contributed by atoms with E-state index in [0.717, 1.165) is 83.5 Å². The summed E-state index contributed by atoms with van der Waals surface area (Å²) in [5.74, 6) is 0. The molecule has 0 amide bonds. The van der Waals surface area contributed by atoms with Crippen LogP contribution in [0.1, 0.15) is 159 Å². The molecule has 10 rings (SSSR count). The summed E-state index contributed by atoms with van der Waals surface area (Å²) in [6.45, 7) is 26.5. The van der Waals surface area contributed by atoms with E-state index in [0.29, 0.717) is 0 Å². The van der Waals surface area contributed by atoms with Gasteiger partial charge in [-0.05, 0) is 254 Å². The van der Waals surface area contributed by atoms with Gasteiger partial charge in [-0.1, -0.05) is 277 Å². The van der Waals surface area contributed by atoms with Crippen LogP contribution in [0.2, 0.25) is 0 Å². The molecule has 0 nitrogen and oxygen atoms in total. The standard InChI is InChI=1S/C26H30.C25H28.C19H24.C17H20/c1-5-21-7-9-22(10-8-21)11-12-23-13-15-25(16-14-23)26-18-17-24(6-2)19(3)20(26)4;1-5-23-16-17-25(20(4)19(23)3)24-14-12-22(13-15-24)11-10-21-8-6-18(2)7-9-21;1-3-5-17-10-12-19(13-11-17)15-14-18-8-6-16(4-2)7-9-18;1-3-15-8-10-17(11-9-15)13-12-16-6-4-14(2)5-7-16/h7-10,13-18H,5-6,11-12H2,1-4H3;6-9,12-17H,5,10-11H2,1-4H3;6-13H,3-5,14-15H2,1-2H3;4-11H,3,12-13H2,1-2H3. The first-order valence-electron chi connectivity index (χ1n) is 33.1. The average Bonchev–Trinajstić information content (AvgIpc) is 2.89. The highest BCUT2D eigenvalue weighted by Crippen LogP contribution is 2.30. The van der Waals surface area contributed by atoms with Crippen LogP contribution in [0.4, 0.5) is 0 Å². The Bertz CT molecular complexity index is 3570. The number of hydrogen-bond donors (Lipinski definition) is 0. The molecule has 0 heteroatoms. The van der Waals surface area contributed by atoms with E-state index in [9.17, 15) is 0 Å². The van der Waals surface area contributed by atoms with E-state index >= 15 is 0 Å². The summed E-state index contributed by atoms with van der Waals surface area (Å²) in [5.41, 5.74) is 33.7.